The molecule has 1 unspecified atom stereocenters. The van der Waals surface area contributed by atoms with Crippen LogP contribution in [0.5, 0.6) is 0 Å². The van der Waals surface area contributed by atoms with Gasteiger partial charge in [0.1, 0.15) is 5.82 Å². The topological polar surface area (TPSA) is 12.0 Å². The Bertz CT molecular complexity index is 590. The Morgan fingerprint density at radius 1 is 1.05 bits per heavy atom. The minimum Gasteiger partial charge on any atom is -0.378 e. The third-order valence-electron chi connectivity index (χ3n) is 3.53. The van der Waals surface area contributed by atoms with Gasteiger partial charge in [-0.25, -0.2) is 4.39 Å². The first kappa shape index (κ1) is 13.6. The molecule has 100 valence electrons. The summed E-state index contributed by atoms with van der Waals surface area (Å²) in [5.41, 5.74) is 5.28. The number of aryl methyl sites for hydroxylation is 2. The van der Waals surface area contributed by atoms with Gasteiger partial charge in [-0.3, -0.25) is 0 Å². The molecule has 19 heavy (non-hydrogen) atoms. The lowest BCUT2D eigenvalue weighted by Crippen LogP contribution is -2.09. The highest BCUT2D eigenvalue weighted by Crippen LogP contribution is 2.25. The summed E-state index contributed by atoms with van der Waals surface area (Å²) in [6.07, 6.45) is 0. The average Bonchev–Trinajstić information content (AvgIpc) is 2.34. The SMILES string of the molecule is Cc1ccc(C(C)Nc2cccc(F)c2C)c(C)c1. The second-order valence-corrected chi connectivity index (χ2v) is 5.14. The second-order valence-electron chi connectivity index (χ2n) is 5.14. The Balaban J connectivity index is 2.25. The maximum absolute atomic E-state index is 13.5. The van der Waals surface area contributed by atoms with Gasteiger partial charge >= 0.3 is 0 Å². The van der Waals surface area contributed by atoms with E-state index in [0.29, 0.717) is 5.56 Å². The quantitative estimate of drug-likeness (QED) is 0.822. The van der Waals surface area contributed by atoms with Crippen molar-refractivity contribution in [3.63, 3.8) is 0 Å². The van der Waals surface area contributed by atoms with Gasteiger partial charge in [-0.15, -0.1) is 0 Å². The minimum absolute atomic E-state index is 0.154. The van der Waals surface area contributed by atoms with Crippen molar-refractivity contribution in [2.24, 2.45) is 0 Å². The molecule has 2 heteroatoms. The Hall–Kier alpha value is -1.83. The lowest BCUT2D eigenvalue weighted by Gasteiger charge is -2.19. The zero-order chi connectivity index (χ0) is 14.0. The molecule has 2 aromatic carbocycles. The molecule has 0 aliphatic heterocycles. The number of anilines is 1. The highest BCUT2D eigenvalue weighted by molar-refractivity contribution is 5.53. The molecular weight excluding hydrogens is 237 g/mol. The van der Waals surface area contributed by atoms with Crippen molar-refractivity contribution in [1.29, 1.82) is 0 Å². The molecule has 1 atom stereocenters. The summed E-state index contributed by atoms with van der Waals surface area (Å²) >= 11 is 0. The number of nitrogens with one attached hydrogen (secondary N) is 1. The van der Waals surface area contributed by atoms with Gasteiger partial charge < -0.3 is 5.32 Å². The molecule has 0 bridgehead atoms. The van der Waals surface area contributed by atoms with E-state index in [-0.39, 0.29) is 11.9 Å². The second kappa shape index (κ2) is 5.43. The fraction of sp³-hybridized carbons (Fsp3) is 0.294. The predicted molar refractivity (Wildman–Crippen MR) is 79.1 cm³/mol. The first-order chi connectivity index (χ1) is 8.99. The predicted octanol–water partition coefficient (Wildman–Crippen LogP) is 4.92. The molecule has 2 aromatic rings. The summed E-state index contributed by atoms with van der Waals surface area (Å²) in [6, 6.07) is 11.7. The molecule has 0 radical (unpaired) electrons. The Morgan fingerprint density at radius 3 is 2.47 bits per heavy atom. The Kier molecular flexibility index (Phi) is 3.89. The van der Waals surface area contributed by atoms with Crippen LogP contribution in [-0.4, -0.2) is 0 Å². The third kappa shape index (κ3) is 2.95. The van der Waals surface area contributed by atoms with Crippen LogP contribution in [-0.2, 0) is 0 Å². The van der Waals surface area contributed by atoms with E-state index in [2.05, 4.69) is 44.3 Å². The van der Waals surface area contributed by atoms with Gasteiger partial charge in [-0.05, 0) is 51.0 Å². The van der Waals surface area contributed by atoms with Crippen molar-refractivity contribution < 1.29 is 4.39 Å². The van der Waals surface area contributed by atoms with Gasteiger partial charge in [0.2, 0.25) is 0 Å². The van der Waals surface area contributed by atoms with Gasteiger partial charge in [0.25, 0.3) is 0 Å². The van der Waals surface area contributed by atoms with E-state index in [0.717, 1.165) is 5.69 Å². The molecule has 1 N–H and O–H groups in total. The molecular formula is C17H20FN. The third-order valence-corrected chi connectivity index (χ3v) is 3.53. The van der Waals surface area contributed by atoms with Crippen LogP contribution in [0.25, 0.3) is 0 Å². The number of rotatable bonds is 3. The summed E-state index contributed by atoms with van der Waals surface area (Å²) in [6.45, 7) is 8.10. The van der Waals surface area contributed by atoms with Crippen molar-refractivity contribution in [1.82, 2.24) is 0 Å². The van der Waals surface area contributed by atoms with Crippen molar-refractivity contribution in [3.05, 3.63) is 64.5 Å². The van der Waals surface area contributed by atoms with Crippen LogP contribution in [0, 0.1) is 26.6 Å². The van der Waals surface area contributed by atoms with Gasteiger partial charge in [0.05, 0.1) is 0 Å². The molecule has 0 saturated heterocycles. The van der Waals surface area contributed by atoms with Gasteiger partial charge in [0.15, 0.2) is 0 Å². The number of benzene rings is 2. The van der Waals surface area contributed by atoms with E-state index in [1.54, 1.807) is 13.0 Å². The standard InChI is InChI=1S/C17H20FN/c1-11-8-9-15(12(2)10-11)14(4)19-17-7-5-6-16(18)13(17)3/h5-10,14,19H,1-4H3. The largest absolute Gasteiger partial charge is 0.378 e. The maximum Gasteiger partial charge on any atom is 0.128 e. The van der Waals surface area contributed by atoms with Crippen molar-refractivity contribution in [2.45, 2.75) is 33.7 Å². The molecule has 0 aliphatic rings. The molecule has 1 nitrogen and oxygen atoms in total. The lowest BCUT2D eigenvalue weighted by atomic mass is 10.00. The molecule has 0 amide bonds. The van der Waals surface area contributed by atoms with Crippen LogP contribution in [0.2, 0.25) is 0 Å². The van der Waals surface area contributed by atoms with Gasteiger partial charge in [-0.1, -0.05) is 29.8 Å². The molecule has 0 heterocycles. The van der Waals surface area contributed by atoms with Crippen molar-refractivity contribution in [3.8, 4) is 0 Å². The molecule has 0 fully saturated rings. The summed E-state index contributed by atoms with van der Waals surface area (Å²) in [5.74, 6) is -0.169. The molecule has 0 spiro atoms. The number of hydrogen-bond acceptors (Lipinski definition) is 1. The number of hydrogen-bond donors (Lipinski definition) is 1. The van der Waals surface area contributed by atoms with E-state index in [1.807, 2.05) is 6.07 Å². The zero-order valence-electron chi connectivity index (χ0n) is 11.9. The lowest BCUT2D eigenvalue weighted by molar-refractivity contribution is 0.618. The van der Waals surface area contributed by atoms with Crippen molar-refractivity contribution in [2.75, 3.05) is 5.32 Å². The maximum atomic E-state index is 13.5. The summed E-state index contributed by atoms with van der Waals surface area (Å²) in [4.78, 5) is 0. The van der Waals surface area contributed by atoms with E-state index in [1.165, 1.54) is 22.8 Å². The highest BCUT2D eigenvalue weighted by atomic mass is 19.1. The number of halogens is 1. The minimum atomic E-state index is -0.169. The van der Waals surface area contributed by atoms with Gasteiger partial charge in [-0.2, -0.15) is 0 Å². The summed E-state index contributed by atoms with van der Waals surface area (Å²) in [5, 5.41) is 3.39. The molecule has 2 rings (SSSR count). The Labute approximate surface area is 114 Å². The molecule has 0 aliphatic carbocycles. The fourth-order valence-corrected chi connectivity index (χ4v) is 2.39. The summed E-state index contributed by atoms with van der Waals surface area (Å²) < 4.78 is 13.5. The van der Waals surface area contributed by atoms with E-state index in [4.69, 9.17) is 0 Å². The Morgan fingerprint density at radius 2 is 1.79 bits per heavy atom. The zero-order valence-corrected chi connectivity index (χ0v) is 11.9. The monoisotopic (exact) mass is 257 g/mol. The fourth-order valence-electron chi connectivity index (χ4n) is 2.39. The van der Waals surface area contributed by atoms with Crippen LogP contribution in [0.1, 0.15) is 35.2 Å². The van der Waals surface area contributed by atoms with Crippen LogP contribution in [0.4, 0.5) is 10.1 Å². The van der Waals surface area contributed by atoms with Crippen molar-refractivity contribution >= 4 is 5.69 Å². The van der Waals surface area contributed by atoms with E-state index in [9.17, 15) is 4.39 Å². The highest BCUT2D eigenvalue weighted by Gasteiger charge is 2.10. The van der Waals surface area contributed by atoms with Gasteiger partial charge in [0, 0.05) is 17.3 Å². The molecule has 0 saturated carbocycles. The van der Waals surface area contributed by atoms with E-state index < -0.39 is 0 Å². The first-order valence-electron chi connectivity index (χ1n) is 6.58. The normalized spacial score (nSPS) is 12.3. The van der Waals surface area contributed by atoms with Crippen LogP contribution in [0.15, 0.2) is 36.4 Å². The smallest absolute Gasteiger partial charge is 0.128 e. The molecule has 0 aromatic heterocycles. The van der Waals surface area contributed by atoms with Crippen LogP contribution in [0.3, 0.4) is 0 Å². The van der Waals surface area contributed by atoms with E-state index >= 15 is 0 Å². The van der Waals surface area contributed by atoms with Crippen LogP contribution >= 0.6 is 0 Å². The summed E-state index contributed by atoms with van der Waals surface area (Å²) in [7, 11) is 0. The van der Waals surface area contributed by atoms with Crippen LogP contribution < -0.4 is 5.32 Å². The average molecular weight is 257 g/mol. The first-order valence-corrected chi connectivity index (χ1v) is 6.58.